The van der Waals surface area contributed by atoms with Crippen LogP contribution in [-0.4, -0.2) is 52.2 Å². The first-order valence-electron chi connectivity index (χ1n) is 11.4. The van der Waals surface area contributed by atoms with Gasteiger partial charge in [0.25, 0.3) is 0 Å². The van der Waals surface area contributed by atoms with Crippen LogP contribution in [0.15, 0.2) is 54.6 Å². The van der Waals surface area contributed by atoms with Gasteiger partial charge in [0.05, 0.1) is 29.7 Å². The maximum atomic E-state index is 14.5. The molecule has 178 valence electrons. The van der Waals surface area contributed by atoms with Crippen LogP contribution in [0.25, 0.3) is 5.69 Å². The molecule has 0 aliphatic rings. The van der Waals surface area contributed by atoms with Crippen LogP contribution in [0.5, 0.6) is 11.6 Å². The molecule has 0 unspecified atom stereocenters. The Bertz CT molecular complexity index is 1010. The van der Waals surface area contributed by atoms with E-state index in [0.717, 1.165) is 23.5 Å². The van der Waals surface area contributed by atoms with Crippen molar-refractivity contribution in [3.05, 3.63) is 71.7 Å². The SMILES string of the molecule is CCOC[C@H](O)CN(Cc1c(C)nn(-c2ccccc2)c1Oc1ccccc1F)CC(C)C. The number of nitrogens with zero attached hydrogens (tertiary/aromatic N) is 3. The van der Waals surface area contributed by atoms with Gasteiger partial charge >= 0.3 is 0 Å². The van der Waals surface area contributed by atoms with Crippen molar-refractivity contribution in [2.24, 2.45) is 5.92 Å². The second kappa shape index (κ2) is 11.9. The third-order valence-electron chi connectivity index (χ3n) is 5.17. The van der Waals surface area contributed by atoms with Crippen LogP contribution in [0.3, 0.4) is 0 Å². The monoisotopic (exact) mass is 455 g/mol. The van der Waals surface area contributed by atoms with E-state index < -0.39 is 11.9 Å². The fourth-order valence-corrected chi connectivity index (χ4v) is 3.75. The molecule has 3 rings (SSSR count). The third kappa shape index (κ3) is 6.87. The summed E-state index contributed by atoms with van der Waals surface area (Å²) < 4.78 is 27.7. The topological polar surface area (TPSA) is 59.8 Å². The molecule has 33 heavy (non-hydrogen) atoms. The van der Waals surface area contributed by atoms with Crippen LogP contribution in [0, 0.1) is 18.7 Å². The maximum Gasteiger partial charge on any atom is 0.227 e. The number of halogens is 1. The van der Waals surface area contributed by atoms with Crippen molar-refractivity contribution >= 4 is 0 Å². The van der Waals surface area contributed by atoms with Crippen molar-refractivity contribution in [1.82, 2.24) is 14.7 Å². The summed E-state index contributed by atoms with van der Waals surface area (Å²) in [7, 11) is 0. The van der Waals surface area contributed by atoms with Gasteiger partial charge in [0.15, 0.2) is 11.6 Å². The lowest BCUT2D eigenvalue weighted by molar-refractivity contribution is 0.0173. The lowest BCUT2D eigenvalue weighted by Crippen LogP contribution is -2.37. The van der Waals surface area contributed by atoms with Crippen LogP contribution < -0.4 is 4.74 Å². The first-order valence-corrected chi connectivity index (χ1v) is 11.4. The summed E-state index contributed by atoms with van der Waals surface area (Å²) in [5.41, 5.74) is 2.47. The van der Waals surface area contributed by atoms with Crippen LogP contribution in [0.4, 0.5) is 4.39 Å². The summed E-state index contributed by atoms with van der Waals surface area (Å²) in [4.78, 5) is 2.17. The Morgan fingerprint density at radius 1 is 1.06 bits per heavy atom. The summed E-state index contributed by atoms with van der Waals surface area (Å²) in [6.45, 7) is 10.7. The van der Waals surface area contributed by atoms with Crippen molar-refractivity contribution in [2.75, 3.05) is 26.3 Å². The number of aliphatic hydroxyl groups is 1. The van der Waals surface area contributed by atoms with E-state index in [9.17, 15) is 9.50 Å². The molecule has 0 aliphatic carbocycles. The molecular weight excluding hydrogens is 421 g/mol. The van der Waals surface area contributed by atoms with E-state index in [0.29, 0.717) is 31.5 Å². The van der Waals surface area contributed by atoms with Crippen molar-refractivity contribution < 1.29 is 19.0 Å². The lowest BCUT2D eigenvalue weighted by atomic mass is 10.1. The van der Waals surface area contributed by atoms with E-state index in [1.807, 2.05) is 44.2 Å². The summed E-state index contributed by atoms with van der Waals surface area (Å²) in [5.74, 6) is 0.567. The van der Waals surface area contributed by atoms with E-state index >= 15 is 0 Å². The number of rotatable bonds is 12. The molecule has 6 nitrogen and oxygen atoms in total. The van der Waals surface area contributed by atoms with Gasteiger partial charge in [-0.2, -0.15) is 5.10 Å². The van der Waals surface area contributed by atoms with Gasteiger partial charge in [0.1, 0.15) is 0 Å². The second-order valence-electron chi connectivity index (χ2n) is 8.55. The Morgan fingerprint density at radius 3 is 2.42 bits per heavy atom. The first-order chi connectivity index (χ1) is 15.9. The Hall–Kier alpha value is -2.74. The molecule has 0 saturated carbocycles. The van der Waals surface area contributed by atoms with E-state index in [4.69, 9.17) is 14.6 Å². The summed E-state index contributed by atoms with van der Waals surface area (Å²) in [5, 5.41) is 15.2. The minimum atomic E-state index is -0.607. The molecule has 0 saturated heterocycles. The Kier molecular flexibility index (Phi) is 9.00. The number of ether oxygens (including phenoxy) is 2. The molecule has 0 fully saturated rings. The zero-order valence-electron chi connectivity index (χ0n) is 19.9. The summed E-state index contributed by atoms with van der Waals surface area (Å²) in [6.07, 6.45) is -0.607. The highest BCUT2D eigenvalue weighted by Crippen LogP contribution is 2.32. The fourth-order valence-electron chi connectivity index (χ4n) is 3.75. The molecule has 1 heterocycles. The van der Waals surface area contributed by atoms with E-state index in [-0.39, 0.29) is 12.4 Å². The van der Waals surface area contributed by atoms with Crippen molar-refractivity contribution in [3.8, 4) is 17.3 Å². The minimum Gasteiger partial charge on any atom is -0.435 e. The highest BCUT2D eigenvalue weighted by molar-refractivity contribution is 5.43. The average molecular weight is 456 g/mol. The zero-order valence-corrected chi connectivity index (χ0v) is 19.9. The molecule has 1 atom stereocenters. The number of para-hydroxylation sites is 2. The number of aryl methyl sites for hydroxylation is 1. The number of hydrogen-bond donors (Lipinski definition) is 1. The van der Waals surface area contributed by atoms with Crippen molar-refractivity contribution in [1.29, 1.82) is 0 Å². The Balaban J connectivity index is 1.98. The van der Waals surface area contributed by atoms with Crippen LogP contribution in [-0.2, 0) is 11.3 Å². The zero-order chi connectivity index (χ0) is 23.8. The molecule has 2 aromatic carbocycles. The molecule has 0 bridgehead atoms. The summed E-state index contributed by atoms with van der Waals surface area (Å²) in [6, 6.07) is 16.0. The van der Waals surface area contributed by atoms with E-state index in [1.165, 1.54) is 6.07 Å². The van der Waals surface area contributed by atoms with E-state index in [1.54, 1.807) is 22.9 Å². The van der Waals surface area contributed by atoms with Crippen LogP contribution in [0.1, 0.15) is 32.0 Å². The van der Waals surface area contributed by atoms with Gasteiger partial charge in [-0.1, -0.05) is 44.2 Å². The number of benzene rings is 2. The molecule has 0 amide bonds. The second-order valence-corrected chi connectivity index (χ2v) is 8.55. The molecule has 0 radical (unpaired) electrons. The largest absolute Gasteiger partial charge is 0.435 e. The van der Waals surface area contributed by atoms with E-state index in [2.05, 4.69) is 18.7 Å². The Labute approximate surface area is 195 Å². The molecular formula is C26H34FN3O3. The average Bonchev–Trinajstić information content (AvgIpc) is 3.09. The highest BCUT2D eigenvalue weighted by atomic mass is 19.1. The maximum absolute atomic E-state index is 14.5. The molecule has 1 N–H and O–H groups in total. The van der Waals surface area contributed by atoms with Gasteiger partial charge < -0.3 is 14.6 Å². The third-order valence-corrected chi connectivity index (χ3v) is 5.17. The minimum absolute atomic E-state index is 0.141. The number of aromatic nitrogens is 2. The highest BCUT2D eigenvalue weighted by Gasteiger charge is 2.23. The number of hydrogen-bond acceptors (Lipinski definition) is 5. The van der Waals surface area contributed by atoms with Crippen molar-refractivity contribution in [2.45, 2.75) is 40.3 Å². The Morgan fingerprint density at radius 2 is 1.76 bits per heavy atom. The molecule has 3 aromatic rings. The van der Waals surface area contributed by atoms with Crippen LogP contribution in [0.2, 0.25) is 0 Å². The van der Waals surface area contributed by atoms with Gasteiger partial charge in [0.2, 0.25) is 5.88 Å². The molecule has 7 heteroatoms. The fraction of sp³-hybridized carbons (Fsp3) is 0.423. The predicted molar refractivity (Wildman–Crippen MR) is 127 cm³/mol. The van der Waals surface area contributed by atoms with Crippen molar-refractivity contribution in [3.63, 3.8) is 0 Å². The van der Waals surface area contributed by atoms with Gasteiger partial charge in [-0.15, -0.1) is 0 Å². The predicted octanol–water partition coefficient (Wildman–Crippen LogP) is 4.97. The standard InChI is InChI=1S/C26H34FN3O3/c1-5-32-18-22(31)16-29(15-19(2)3)17-23-20(4)28-30(21-11-7-6-8-12-21)26(23)33-25-14-10-9-13-24(25)27/h6-14,19,22,31H,5,15-18H2,1-4H3/t22-/m1/s1. The molecule has 0 aliphatic heterocycles. The van der Waals surface area contributed by atoms with Crippen LogP contribution >= 0.6 is 0 Å². The summed E-state index contributed by atoms with van der Waals surface area (Å²) >= 11 is 0. The smallest absolute Gasteiger partial charge is 0.227 e. The quantitative estimate of drug-likeness (QED) is 0.418. The molecule has 0 spiro atoms. The van der Waals surface area contributed by atoms with Gasteiger partial charge in [-0.25, -0.2) is 9.07 Å². The normalized spacial score (nSPS) is 12.5. The van der Waals surface area contributed by atoms with Gasteiger partial charge in [-0.3, -0.25) is 4.90 Å². The van der Waals surface area contributed by atoms with Gasteiger partial charge in [0, 0.05) is 26.2 Å². The first kappa shape index (κ1) is 24.9. The number of aliphatic hydroxyl groups excluding tert-OH is 1. The lowest BCUT2D eigenvalue weighted by Gasteiger charge is -2.27. The van der Waals surface area contributed by atoms with Gasteiger partial charge in [-0.05, 0) is 44.0 Å². The molecule has 1 aromatic heterocycles.